The number of carboxylic acid groups (broad SMARTS) is 1. The number of benzene rings is 1. The molecule has 0 spiro atoms. The maximum Gasteiger partial charge on any atom is 0.408 e. The number of nitrogens with one attached hydrogen (secondary N) is 4. The average Bonchev–Trinajstić information content (AvgIpc) is 2.93. The fourth-order valence-corrected chi connectivity index (χ4v) is 3.63. The van der Waals surface area contributed by atoms with Gasteiger partial charge in [-0.05, 0) is 36.3 Å². The van der Waals surface area contributed by atoms with Gasteiger partial charge in [-0.3, -0.25) is 19.2 Å². The van der Waals surface area contributed by atoms with Gasteiger partial charge in [-0.15, -0.1) is 12.3 Å². The third-order valence-corrected chi connectivity index (χ3v) is 5.56. The second kappa shape index (κ2) is 19.3. The van der Waals surface area contributed by atoms with Crippen molar-refractivity contribution >= 4 is 29.8 Å². The molecule has 0 aliphatic heterocycles. The molecule has 0 aliphatic rings. The van der Waals surface area contributed by atoms with E-state index < -0.39 is 48.6 Å². The summed E-state index contributed by atoms with van der Waals surface area (Å²) in [6.45, 7) is 3.61. The molecule has 0 aliphatic carbocycles. The predicted molar refractivity (Wildman–Crippen MR) is 149 cm³/mol. The zero-order valence-electron chi connectivity index (χ0n) is 23.2. The average molecular weight is 572 g/mol. The van der Waals surface area contributed by atoms with Crippen LogP contribution >= 0.6 is 0 Å². The third kappa shape index (κ3) is 14.8. The largest absolute Gasteiger partial charge is 0.480 e. The van der Waals surface area contributed by atoms with Gasteiger partial charge < -0.3 is 31.1 Å². The molecule has 41 heavy (non-hydrogen) atoms. The number of hydrogen-bond acceptors (Lipinski definition) is 7. The fourth-order valence-electron chi connectivity index (χ4n) is 3.63. The molecule has 14 heteroatoms. The van der Waals surface area contributed by atoms with Crippen LogP contribution in [0.2, 0.25) is 0 Å². The van der Waals surface area contributed by atoms with E-state index in [9.17, 15) is 24.0 Å². The Morgan fingerprint density at radius 2 is 1.78 bits per heavy atom. The smallest absolute Gasteiger partial charge is 0.408 e. The van der Waals surface area contributed by atoms with Crippen molar-refractivity contribution in [1.29, 1.82) is 0 Å². The molecular formula is C27H37N7O7. The monoisotopic (exact) mass is 571 g/mol. The van der Waals surface area contributed by atoms with Crippen LogP contribution in [0.4, 0.5) is 4.79 Å². The first kappa shape index (κ1) is 34.3. The molecule has 14 nitrogen and oxygen atoms in total. The Morgan fingerprint density at radius 1 is 1.07 bits per heavy atom. The summed E-state index contributed by atoms with van der Waals surface area (Å²) >= 11 is 0. The van der Waals surface area contributed by atoms with Crippen LogP contribution in [0, 0.1) is 18.3 Å². The summed E-state index contributed by atoms with van der Waals surface area (Å²) in [5, 5.41) is 22.1. The Hall–Kier alpha value is -4.76. The summed E-state index contributed by atoms with van der Waals surface area (Å²) in [4.78, 5) is 64.0. The first-order chi connectivity index (χ1) is 19.6. The van der Waals surface area contributed by atoms with Crippen LogP contribution in [0.3, 0.4) is 0 Å². The van der Waals surface area contributed by atoms with Crippen LogP contribution in [-0.4, -0.2) is 66.6 Å². The lowest BCUT2D eigenvalue weighted by molar-refractivity contribution is -0.138. The van der Waals surface area contributed by atoms with Crippen LogP contribution in [0.5, 0.6) is 0 Å². The number of hydrogen-bond donors (Lipinski definition) is 5. The summed E-state index contributed by atoms with van der Waals surface area (Å²) in [6.07, 6.45) is 4.28. The number of azide groups is 1. The van der Waals surface area contributed by atoms with E-state index in [-0.39, 0.29) is 44.1 Å². The number of nitrogens with zero attached hydrogens (tertiary/aromatic N) is 3. The van der Waals surface area contributed by atoms with Gasteiger partial charge >= 0.3 is 12.1 Å². The maximum absolute atomic E-state index is 13.0. The number of alkyl carbamates (subject to hydrolysis) is 1. The number of rotatable bonds is 18. The van der Waals surface area contributed by atoms with Crippen molar-refractivity contribution in [3.05, 3.63) is 46.3 Å². The molecule has 1 rings (SSSR count). The zero-order chi connectivity index (χ0) is 30.6. The normalized spacial score (nSPS) is 12.4. The highest BCUT2D eigenvalue weighted by molar-refractivity contribution is 5.92. The lowest BCUT2D eigenvalue weighted by Crippen LogP contribution is -2.54. The Bertz CT molecular complexity index is 1110. The topological polar surface area (TPSA) is 212 Å². The maximum atomic E-state index is 13.0. The molecule has 0 aromatic heterocycles. The van der Waals surface area contributed by atoms with Gasteiger partial charge in [-0.1, -0.05) is 49.3 Å². The van der Waals surface area contributed by atoms with E-state index in [1.165, 1.54) is 0 Å². The van der Waals surface area contributed by atoms with Crippen molar-refractivity contribution in [2.45, 2.75) is 64.1 Å². The van der Waals surface area contributed by atoms with Gasteiger partial charge in [0.25, 0.3) is 0 Å². The minimum atomic E-state index is -1.25. The molecule has 222 valence electrons. The molecule has 3 atom stereocenters. The summed E-state index contributed by atoms with van der Waals surface area (Å²) < 4.78 is 5.58. The number of ether oxygens (including phenoxy) is 1. The Labute approximate surface area is 238 Å². The third-order valence-electron chi connectivity index (χ3n) is 5.56. The highest BCUT2D eigenvalue weighted by Crippen LogP contribution is 2.23. The van der Waals surface area contributed by atoms with Gasteiger partial charge in [0.1, 0.15) is 24.7 Å². The van der Waals surface area contributed by atoms with E-state index in [0.717, 1.165) is 0 Å². The van der Waals surface area contributed by atoms with E-state index in [4.69, 9.17) is 21.8 Å². The lowest BCUT2D eigenvalue weighted by Gasteiger charge is -2.24. The molecule has 4 amide bonds. The van der Waals surface area contributed by atoms with E-state index in [1.807, 2.05) is 13.8 Å². The van der Waals surface area contributed by atoms with Gasteiger partial charge in [-0.25, -0.2) is 4.79 Å². The van der Waals surface area contributed by atoms with Crippen molar-refractivity contribution in [2.24, 2.45) is 11.0 Å². The molecule has 0 saturated heterocycles. The van der Waals surface area contributed by atoms with Crippen LogP contribution < -0.4 is 21.3 Å². The lowest BCUT2D eigenvalue weighted by atomic mass is 10.0. The molecule has 0 heterocycles. The molecule has 3 unspecified atom stereocenters. The summed E-state index contributed by atoms with van der Waals surface area (Å²) in [5.41, 5.74) is 8.93. The summed E-state index contributed by atoms with van der Waals surface area (Å²) in [7, 11) is 0. The van der Waals surface area contributed by atoms with Crippen LogP contribution in [0.1, 0.15) is 57.6 Å². The van der Waals surface area contributed by atoms with Crippen LogP contribution in [0.25, 0.3) is 10.4 Å². The summed E-state index contributed by atoms with van der Waals surface area (Å²) in [5.74, 6) is -0.657. The fraction of sp³-hybridized carbons (Fsp3) is 0.519. The van der Waals surface area contributed by atoms with E-state index >= 15 is 0 Å². The Balaban J connectivity index is 2.87. The van der Waals surface area contributed by atoms with E-state index in [2.05, 4.69) is 37.2 Å². The molecule has 1 aromatic carbocycles. The molecule has 1 aromatic rings. The highest BCUT2D eigenvalue weighted by atomic mass is 16.6. The first-order valence-electron chi connectivity index (χ1n) is 13.1. The summed E-state index contributed by atoms with van der Waals surface area (Å²) in [6, 6.07) is 6.44. The van der Waals surface area contributed by atoms with Gasteiger partial charge in [0.2, 0.25) is 17.7 Å². The number of carbonyl (C=O) groups excluding carboxylic acids is 4. The SMILES string of the molecule is C#CCC(NC(=O)OC(CCC(=O)NCCCN=[N+]=[N-])c1ccccc1)C(=O)NC(CC(C)C)C(=O)NCC(=O)O. The minimum Gasteiger partial charge on any atom is -0.480 e. The van der Waals surface area contributed by atoms with Crippen molar-refractivity contribution < 1.29 is 33.8 Å². The quantitative estimate of drug-likeness (QED) is 0.0582. The number of terminal acetylenes is 1. The van der Waals surface area contributed by atoms with Crippen molar-refractivity contribution in [1.82, 2.24) is 21.3 Å². The van der Waals surface area contributed by atoms with Crippen molar-refractivity contribution in [2.75, 3.05) is 19.6 Å². The first-order valence-corrected chi connectivity index (χ1v) is 13.1. The number of amides is 4. The van der Waals surface area contributed by atoms with Crippen LogP contribution in [0.15, 0.2) is 35.4 Å². The van der Waals surface area contributed by atoms with Crippen molar-refractivity contribution in [3.8, 4) is 12.3 Å². The molecule has 5 N–H and O–H groups in total. The van der Waals surface area contributed by atoms with Crippen LogP contribution in [-0.2, 0) is 23.9 Å². The van der Waals surface area contributed by atoms with Gasteiger partial charge in [-0.2, -0.15) is 0 Å². The Kier molecular flexibility index (Phi) is 16.1. The van der Waals surface area contributed by atoms with E-state index in [1.54, 1.807) is 30.3 Å². The minimum absolute atomic E-state index is 0.0187. The van der Waals surface area contributed by atoms with Gasteiger partial charge in [0, 0.05) is 30.8 Å². The second-order valence-corrected chi connectivity index (χ2v) is 9.41. The molecule has 0 radical (unpaired) electrons. The van der Waals surface area contributed by atoms with E-state index in [0.29, 0.717) is 18.5 Å². The molecular weight excluding hydrogens is 534 g/mol. The Morgan fingerprint density at radius 3 is 2.39 bits per heavy atom. The molecule has 0 bridgehead atoms. The standard InChI is InChI=1S/C27H37N7O7/c1-4-9-20(26(39)32-21(16-18(2)3)25(38)30-17-24(36)37)33-27(40)41-22(19-10-6-5-7-11-19)12-13-23(35)29-14-8-15-31-34-28/h1,5-7,10-11,18,20-22H,8-9,12-17H2,2-3H3,(H,29,35)(H,30,38)(H,32,39)(H,33,40)(H,36,37). The number of aliphatic carboxylic acids is 1. The molecule has 0 saturated carbocycles. The predicted octanol–water partition coefficient (Wildman–Crippen LogP) is 2.17. The van der Waals surface area contributed by atoms with Crippen molar-refractivity contribution in [3.63, 3.8) is 0 Å². The number of carbonyl (C=O) groups is 5. The zero-order valence-corrected chi connectivity index (χ0v) is 23.2. The molecule has 0 fully saturated rings. The second-order valence-electron chi connectivity index (χ2n) is 9.41. The van der Waals surface area contributed by atoms with Gasteiger partial charge in [0.15, 0.2) is 0 Å². The van der Waals surface area contributed by atoms with Gasteiger partial charge in [0.05, 0.1) is 0 Å². The number of carboxylic acids is 1. The highest BCUT2D eigenvalue weighted by Gasteiger charge is 2.28.